The molecule has 1 amide bonds. The van der Waals surface area contributed by atoms with Crippen LogP contribution in [0.1, 0.15) is 27.2 Å². The molecule has 1 heterocycles. The molecule has 2 aromatic carbocycles. The van der Waals surface area contributed by atoms with Crippen molar-refractivity contribution in [3.63, 3.8) is 0 Å². The monoisotopic (exact) mass is 279 g/mol. The molecular weight excluding hydrogens is 262 g/mol. The van der Waals surface area contributed by atoms with Gasteiger partial charge in [-0.2, -0.15) is 5.10 Å². The van der Waals surface area contributed by atoms with Crippen molar-refractivity contribution in [3.8, 4) is 0 Å². The summed E-state index contributed by atoms with van der Waals surface area (Å²) in [6, 6.07) is 13.7. The highest BCUT2D eigenvalue weighted by Gasteiger charge is 2.09. The number of aromatic amines is 1. The summed E-state index contributed by atoms with van der Waals surface area (Å²) in [7, 11) is 0. The molecule has 3 aromatic rings. The highest BCUT2D eigenvalue weighted by atomic mass is 16.1. The predicted octanol–water partition coefficient (Wildman–Crippen LogP) is 3.11. The average molecular weight is 279 g/mol. The molecule has 106 valence electrons. The van der Waals surface area contributed by atoms with Crippen LogP contribution in [0.5, 0.6) is 0 Å². The van der Waals surface area contributed by atoms with Gasteiger partial charge >= 0.3 is 0 Å². The van der Waals surface area contributed by atoms with E-state index in [2.05, 4.69) is 21.6 Å². The Morgan fingerprint density at radius 3 is 2.62 bits per heavy atom. The molecule has 0 bridgehead atoms. The van der Waals surface area contributed by atoms with Crippen LogP contribution in [0.25, 0.3) is 10.9 Å². The fourth-order valence-electron chi connectivity index (χ4n) is 2.53. The predicted molar refractivity (Wildman–Crippen MR) is 83.2 cm³/mol. The Labute approximate surface area is 123 Å². The van der Waals surface area contributed by atoms with Crippen molar-refractivity contribution in [2.45, 2.75) is 20.4 Å². The summed E-state index contributed by atoms with van der Waals surface area (Å²) in [4.78, 5) is 12.2. The van der Waals surface area contributed by atoms with E-state index >= 15 is 0 Å². The van der Waals surface area contributed by atoms with Crippen molar-refractivity contribution in [2.24, 2.45) is 0 Å². The molecule has 3 rings (SSSR count). The van der Waals surface area contributed by atoms with E-state index in [4.69, 9.17) is 0 Å². The lowest BCUT2D eigenvalue weighted by molar-refractivity contribution is 0.0950. The van der Waals surface area contributed by atoms with E-state index in [0.29, 0.717) is 12.1 Å². The van der Waals surface area contributed by atoms with E-state index in [1.807, 2.05) is 50.2 Å². The Balaban J connectivity index is 1.76. The van der Waals surface area contributed by atoms with Crippen molar-refractivity contribution >= 4 is 16.8 Å². The van der Waals surface area contributed by atoms with Crippen LogP contribution in [-0.2, 0) is 6.54 Å². The number of amides is 1. The van der Waals surface area contributed by atoms with Gasteiger partial charge in [0, 0.05) is 10.9 Å². The van der Waals surface area contributed by atoms with Crippen LogP contribution in [0.2, 0.25) is 0 Å². The summed E-state index contributed by atoms with van der Waals surface area (Å²) in [5.41, 5.74) is 4.70. The van der Waals surface area contributed by atoms with E-state index in [9.17, 15) is 4.79 Å². The topological polar surface area (TPSA) is 57.8 Å². The van der Waals surface area contributed by atoms with Crippen LogP contribution in [-0.4, -0.2) is 16.1 Å². The first-order valence-corrected chi connectivity index (χ1v) is 6.92. The lowest BCUT2D eigenvalue weighted by Crippen LogP contribution is -2.23. The fraction of sp³-hybridized carbons (Fsp3) is 0.176. The third-order valence-electron chi connectivity index (χ3n) is 3.45. The van der Waals surface area contributed by atoms with E-state index in [0.717, 1.165) is 27.7 Å². The first-order valence-electron chi connectivity index (χ1n) is 6.92. The van der Waals surface area contributed by atoms with E-state index in [-0.39, 0.29) is 5.91 Å². The number of benzene rings is 2. The number of hydrogen-bond donors (Lipinski definition) is 2. The second kappa shape index (κ2) is 5.40. The zero-order chi connectivity index (χ0) is 14.8. The molecular formula is C17H17N3O. The van der Waals surface area contributed by atoms with Gasteiger partial charge in [-0.1, -0.05) is 35.4 Å². The number of aromatic nitrogens is 2. The number of nitrogens with zero attached hydrogens (tertiary/aromatic N) is 1. The number of H-pyrrole nitrogens is 1. The number of nitrogens with one attached hydrogen (secondary N) is 2. The molecule has 1 aromatic heterocycles. The molecule has 0 aliphatic carbocycles. The van der Waals surface area contributed by atoms with Crippen LogP contribution in [0.3, 0.4) is 0 Å². The molecule has 0 radical (unpaired) electrons. The fourth-order valence-corrected chi connectivity index (χ4v) is 2.53. The van der Waals surface area contributed by atoms with Gasteiger partial charge in [-0.25, -0.2) is 0 Å². The SMILES string of the molecule is Cc1cc(C)cc(C(=O)NCc2[nH]nc3ccccc23)c1. The van der Waals surface area contributed by atoms with Crippen molar-refractivity contribution in [3.05, 3.63) is 64.8 Å². The molecule has 4 heteroatoms. The summed E-state index contributed by atoms with van der Waals surface area (Å²) >= 11 is 0. The Morgan fingerprint density at radius 1 is 1.14 bits per heavy atom. The number of carbonyl (C=O) groups excluding carboxylic acids is 1. The molecule has 0 saturated carbocycles. The Bertz CT molecular complexity index is 784. The standard InChI is InChI=1S/C17H17N3O/c1-11-7-12(2)9-13(8-11)17(21)18-10-16-14-5-3-4-6-15(14)19-20-16/h3-9H,10H2,1-2H3,(H,18,21)(H,19,20). The molecule has 21 heavy (non-hydrogen) atoms. The minimum Gasteiger partial charge on any atom is -0.346 e. The summed E-state index contributed by atoms with van der Waals surface area (Å²) in [5, 5.41) is 11.2. The van der Waals surface area contributed by atoms with Gasteiger partial charge < -0.3 is 5.32 Å². The molecule has 0 fully saturated rings. The summed E-state index contributed by atoms with van der Waals surface area (Å²) in [6.07, 6.45) is 0. The van der Waals surface area contributed by atoms with Gasteiger partial charge in [0.1, 0.15) is 0 Å². The lowest BCUT2D eigenvalue weighted by atomic mass is 10.1. The maximum absolute atomic E-state index is 12.2. The maximum atomic E-state index is 12.2. The smallest absolute Gasteiger partial charge is 0.251 e. The van der Waals surface area contributed by atoms with Gasteiger partial charge in [0.15, 0.2) is 0 Å². The maximum Gasteiger partial charge on any atom is 0.251 e. The summed E-state index contributed by atoms with van der Waals surface area (Å²) in [6.45, 7) is 4.42. The third-order valence-corrected chi connectivity index (χ3v) is 3.45. The average Bonchev–Trinajstić information content (AvgIpc) is 2.87. The minimum atomic E-state index is -0.0690. The summed E-state index contributed by atoms with van der Waals surface area (Å²) < 4.78 is 0. The number of fused-ring (bicyclic) bond motifs is 1. The molecule has 0 aliphatic rings. The van der Waals surface area contributed by atoms with Crippen LogP contribution >= 0.6 is 0 Å². The van der Waals surface area contributed by atoms with Crippen molar-refractivity contribution in [1.29, 1.82) is 0 Å². The number of carbonyl (C=O) groups is 1. The van der Waals surface area contributed by atoms with Gasteiger partial charge in [0.25, 0.3) is 5.91 Å². The first-order chi connectivity index (χ1) is 10.1. The molecule has 0 aliphatic heterocycles. The van der Waals surface area contributed by atoms with Gasteiger partial charge in [0.05, 0.1) is 17.8 Å². The van der Waals surface area contributed by atoms with Gasteiger partial charge in [-0.15, -0.1) is 0 Å². The van der Waals surface area contributed by atoms with Crippen molar-refractivity contribution < 1.29 is 4.79 Å². The van der Waals surface area contributed by atoms with Gasteiger partial charge in [-0.05, 0) is 32.0 Å². The van der Waals surface area contributed by atoms with E-state index in [1.165, 1.54) is 0 Å². The third kappa shape index (κ3) is 2.79. The van der Waals surface area contributed by atoms with E-state index < -0.39 is 0 Å². The number of hydrogen-bond acceptors (Lipinski definition) is 2. The Hall–Kier alpha value is -2.62. The van der Waals surface area contributed by atoms with E-state index in [1.54, 1.807) is 0 Å². The molecule has 2 N–H and O–H groups in total. The normalized spacial score (nSPS) is 10.8. The number of para-hydroxylation sites is 1. The molecule has 0 unspecified atom stereocenters. The second-order valence-corrected chi connectivity index (χ2v) is 5.28. The zero-order valence-electron chi connectivity index (χ0n) is 12.1. The number of aryl methyl sites for hydroxylation is 2. The Kier molecular flexibility index (Phi) is 3.44. The largest absolute Gasteiger partial charge is 0.346 e. The van der Waals surface area contributed by atoms with Gasteiger partial charge in [0.2, 0.25) is 0 Å². The van der Waals surface area contributed by atoms with Crippen LogP contribution in [0.15, 0.2) is 42.5 Å². The highest BCUT2D eigenvalue weighted by Crippen LogP contribution is 2.15. The van der Waals surface area contributed by atoms with Gasteiger partial charge in [-0.3, -0.25) is 9.89 Å². The van der Waals surface area contributed by atoms with Crippen LogP contribution in [0.4, 0.5) is 0 Å². The quantitative estimate of drug-likeness (QED) is 0.774. The molecule has 0 spiro atoms. The summed E-state index contributed by atoms with van der Waals surface area (Å²) in [5.74, 6) is -0.0690. The Morgan fingerprint density at radius 2 is 1.86 bits per heavy atom. The minimum absolute atomic E-state index is 0.0690. The zero-order valence-corrected chi connectivity index (χ0v) is 12.1. The molecule has 0 saturated heterocycles. The second-order valence-electron chi connectivity index (χ2n) is 5.28. The van der Waals surface area contributed by atoms with Crippen LogP contribution in [0, 0.1) is 13.8 Å². The van der Waals surface area contributed by atoms with Crippen molar-refractivity contribution in [2.75, 3.05) is 0 Å². The number of rotatable bonds is 3. The van der Waals surface area contributed by atoms with Crippen LogP contribution < -0.4 is 5.32 Å². The first kappa shape index (κ1) is 13.4. The highest BCUT2D eigenvalue weighted by molar-refractivity contribution is 5.94. The molecule has 0 atom stereocenters. The lowest BCUT2D eigenvalue weighted by Gasteiger charge is -2.06. The molecule has 4 nitrogen and oxygen atoms in total. The van der Waals surface area contributed by atoms with Crippen molar-refractivity contribution in [1.82, 2.24) is 15.5 Å².